The lowest BCUT2D eigenvalue weighted by molar-refractivity contribution is 0.121. The molecule has 2 N–H and O–H groups in total. The summed E-state index contributed by atoms with van der Waals surface area (Å²) in [5.41, 5.74) is 1.42. The molecule has 66 valence electrons. The second-order valence-electron chi connectivity index (χ2n) is 2.47. The van der Waals surface area contributed by atoms with Gasteiger partial charge < -0.3 is 0 Å². The van der Waals surface area contributed by atoms with Crippen molar-refractivity contribution in [1.82, 2.24) is 0 Å². The molecular weight excluding hydrogens is 225 g/mol. The smallest absolute Gasteiger partial charge is 0.129 e. The van der Waals surface area contributed by atoms with Crippen LogP contribution in [0.3, 0.4) is 0 Å². The van der Waals surface area contributed by atoms with Crippen LogP contribution < -0.4 is 5.90 Å². The van der Waals surface area contributed by atoms with Gasteiger partial charge in [0, 0.05) is 10.0 Å². The molecule has 0 aliphatic rings. The maximum absolute atomic E-state index is 13.1. The van der Waals surface area contributed by atoms with Gasteiger partial charge in [-0.3, -0.25) is 4.84 Å². The fraction of sp³-hybridized carbons (Fsp3) is 0.250. The molecule has 1 rings (SSSR count). The summed E-state index contributed by atoms with van der Waals surface area (Å²) in [7, 11) is 0. The minimum atomic E-state index is -0.307. The molecule has 0 atom stereocenters. The first-order valence-electron chi connectivity index (χ1n) is 3.42. The summed E-state index contributed by atoms with van der Waals surface area (Å²) in [6.45, 7) is 1.96. The number of hydrogen-bond acceptors (Lipinski definition) is 2. The van der Waals surface area contributed by atoms with Gasteiger partial charge in [-0.2, -0.15) is 0 Å². The number of aryl methyl sites for hydroxylation is 1. The lowest BCUT2D eigenvalue weighted by Gasteiger charge is -2.06. The van der Waals surface area contributed by atoms with E-state index in [0.717, 1.165) is 5.56 Å². The summed E-state index contributed by atoms with van der Waals surface area (Å²) in [6, 6.07) is 3.09. The average Bonchev–Trinajstić information content (AvgIpc) is 2.06. The Morgan fingerprint density at radius 1 is 1.58 bits per heavy atom. The van der Waals surface area contributed by atoms with Gasteiger partial charge in [0.2, 0.25) is 0 Å². The summed E-state index contributed by atoms with van der Waals surface area (Å²) in [5, 5.41) is 0. The van der Waals surface area contributed by atoms with Crippen molar-refractivity contribution in [2.75, 3.05) is 0 Å². The van der Waals surface area contributed by atoms with Crippen molar-refractivity contribution in [3.05, 3.63) is 33.5 Å². The van der Waals surface area contributed by atoms with E-state index >= 15 is 0 Å². The maximum Gasteiger partial charge on any atom is 0.129 e. The summed E-state index contributed by atoms with van der Waals surface area (Å²) in [4.78, 5) is 4.37. The molecule has 2 nitrogen and oxygen atoms in total. The maximum atomic E-state index is 13.1. The number of halogens is 2. The molecule has 0 aromatic heterocycles. The molecule has 4 heteroatoms. The number of rotatable bonds is 2. The summed E-state index contributed by atoms with van der Waals surface area (Å²) in [6.07, 6.45) is 0. The largest absolute Gasteiger partial charge is 0.300 e. The molecule has 0 saturated carbocycles. The van der Waals surface area contributed by atoms with Crippen LogP contribution in [0.4, 0.5) is 4.39 Å². The monoisotopic (exact) mass is 233 g/mol. The Hall–Kier alpha value is -0.450. The highest BCUT2D eigenvalue weighted by molar-refractivity contribution is 9.10. The highest BCUT2D eigenvalue weighted by Gasteiger charge is 2.08. The Morgan fingerprint density at radius 2 is 2.25 bits per heavy atom. The van der Waals surface area contributed by atoms with Crippen LogP contribution in [0, 0.1) is 12.7 Å². The third-order valence-electron chi connectivity index (χ3n) is 1.61. The third kappa shape index (κ3) is 1.83. The van der Waals surface area contributed by atoms with Gasteiger partial charge in [0.15, 0.2) is 0 Å². The lowest BCUT2D eigenvalue weighted by Crippen LogP contribution is -2.02. The predicted octanol–water partition coefficient (Wildman–Crippen LogP) is 2.29. The van der Waals surface area contributed by atoms with Crippen molar-refractivity contribution in [3.63, 3.8) is 0 Å². The topological polar surface area (TPSA) is 35.2 Å². The highest BCUT2D eigenvalue weighted by atomic mass is 79.9. The summed E-state index contributed by atoms with van der Waals surface area (Å²) >= 11 is 3.26. The lowest BCUT2D eigenvalue weighted by atomic mass is 10.1. The van der Waals surface area contributed by atoms with Crippen molar-refractivity contribution < 1.29 is 9.23 Å². The summed E-state index contributed by atoms with van der Waals surface area (Å²) < 4.78 is 13.8. The zero-order valence-corrected chi connectivity index (χ0v) is 8.19. The minimum Gasteiger partial charge on any atom is -0.300 e. The molecule has 1 aromatic carbocycles. The van der Waals surface area contributed by atoms with Crippen molar-refractivity contribution in [3.8, 4) is 0 Å². The molecular formula is C8H9BrFNO. The van der Waals surface area contributed by atoms with Crippen LogP contribution in [0.15, 0.2) is 16.6 Å². The molecule has 0 spiro atoms. The molecule has 0 aliphatic heterocycles. The van der Waals surface area contributed by atoms with E-state index in [0.29, 0.717) is 10.0 Å². The van der Waals surface area contributed by atoms with E-state index in [9.17, 15) is 4.39 Å². The Bertz CT molecular complexity index is 291. The number of benzene rings is 1. The summed E-state index contributed by atoms with van der Waals surface area (Å²) in [5.74, 6) is 4.55. The second kappa shape index (κ2) is 3.98. The standard InChI is InChI=1S/C8H9BrFNO/c1-5-2-3-7(10)6(4-12-11)8(5)9/h2-3H,4,11H2,1H3. The second-order valence-corrected chi connectivity index (χ2v) is 3.26. The zero-order chi connectivity index (χ0) is 9.14. The first-order chi connectivity index (χ1) is 5.66. The number of hydrogen-bond donors (Lipinski definition) is 1. The van der Waals surface area contributed by atoms with Crippen molar-refractivity contribution in [1.29, 1.82) is 0 Å². The zero-order valence-electron chi connectivity index (χ0n) is 6.60. The van der Waals surface area contributed by atoms with Gasteiger partial charge in [-0.25, -0.2) is 10.3 Å². The molecule has 0 bridgehead atoms. The quantitative estimate of drug-likeness (QED) is 0.796. The van der Waals surface area contributed by atoms with Crippen LogP contribution in [-0.4, -0.2) is 0 Å². The van der Waals surface area contributed by atoms with Gasteiger partial charge in [-0.15, -0.1) is 0 Å². The normalized spacial score (nSPS) is 10.3. The molecule has 0 amide bonds. The van der Waals surface area contributed by atoms with Crippen LogP contribution in [0.25, 0.3) is 0 Å². The highest BCUT2D eigenvalue weighted by Crippen LogP contribution is 2.24. The van der Waals surface area contributed by atoms with Crippen LogP contribution in [0.1, 0.15) is 11.1 Å². The van der Waals surface area contributed by atoms with Gasteiger partial charge in [-0.05, 0) is 18.6 Å². The molecule has 0 unspecified atom stereocenters. The fourth-order valence-corrected chi connectivity index (χ4v) is 1.37. The van der Waals surface area contributed by atoms with Crippen molar-refractivity contribution in [2.24, 2.45) is 5.90 Å². The number of nitrogens with two attached hydrogens (primary N) is 1. The Kier molecular flexibility index (Phi) is 3.20. The van der Waals surface area contributed by atoms with Crippen LogP contribution in [0.2, 0.25) is 0 Å². The van der Waals surface area contributed by atoms with Gasteiger partial charge in [0.05, 0.1) is 6.61 Å². The first-order valence-corrected chi connectivity index (χ1v) is 4.21. The van der Waals surface area contributed by atoms with Crippen LogP contribution in [0.5, 0.6) is 0 Å². The fourth-order valence-electron chi connectivity index (χ4n) is 0.930. The SMILES string of the molecule is Cc1ccc(F)c(CON)c1Br. The molecule has 0 aliphatic carbocycles. The Labute approximate surface area is 78.6 Å². The van der Waals surface area contributed by atoms with Gasteiger partial charge >= 0.3 is 0 Å². The van der Waals surface area contributed by atoms with Gasteiger partial charge in [0.25, 0.3) is 0 Å². The van der Waals surface area contributed by atoms with E-state index in [4.69, 9.17) is 5.90 Å². The van der Waals surface area contributed by atoms with E-state index in [2.05, 4.69) is 20.8 Å². The van der Waals surface area contributed by atoms with E-state index in [1.165, 1.54) is 6.07 Å². The van der Waals surface area contributed by atoms with Crippen molar-refractivity contribution >= 4 is 15.9 Å². The Morgan fingerprint density at radius 3 is 2.83 bits per heavy atom. The van der Waals surface area contributed by atoms with Gasteiger partial charge in [0.1, 0.15) is 5.82 Å². The van der Waals surface area contributed by atoms with Crippen LogP contribution in [-0.2, 0) is 11.4 Å². The molecule has 12 heavy (non-hydrogen) atoms. The minimum absolute atomic E-state index is 0.0775. The third-order valence-corrected chi connectivity index (χ3v) is 2.71. The molecule has 0 radical (unpaired) electrons. The Balaban J connectivity index is 3.14. The van der Waals surface area contributed by atoms with E-state index in [1.54, 1.807) is 6.07 Å². The van der Waals surface area contributed by atoms with E-state index in [1.807, 2.05) is 6.92 Å². The average molecular weight is 234 g/mol. The van der Waals surface area contributed by atoms with Crippen molar-refractivity contribution in [2.45, 2.75) is 13.5 Å². The predicted molar refractivity (Wildman–Crippen MR) is 47.8 cm³/mol. The van der Waals surface area contributed by atoms with E-state index < -0.39 is 0 Å². The molecule has 0 saturated heterocycles. The molecule has 1 aromatic rings. The van der Waals surface area contributed by atoms with Crippen LogP contribution >= 0.6 is 15.9 Å². The van der Waals surface area contributed by atoms with E-state index in [-0.39, 0.29) is 12.4 Å². The molecule has 0 heterocycles. The first kappa shape index (κ1) is 9.64. The van der Waals surface area contributed by atoms with Gasteiger partial charge in [-0.1, -0.05) is 22.0 Å². The molecule has 0 fully saturated rings.